The number of pyridine rings is 1. The van der Waals surface area contributed by atoms with E-state index in [0.29, 0.717) is 0 Å². The summed E-state index contributed by atoms with van der Waals surface area (Å²) >= 11 is 0. The number of hydrogen-bond acceptors (Lipinski definition) is 3. The second-order valence-electron chi connectivity index (χ2n) is 2.08. The van der Waals surface area contributed by atoms with Crippen LogP contribution in [0.2, 0.25) is 0 Å². The summed E-state index contributed by atoms with van der Waals surface area (Å²) in [6, 6.07) is 1.07. The molecular formula is C7H8F2N2O. The molecule has 0 aliphatic carbocycles. The van der Waals surface area contributed by atoms with Gasteiger partial charge in [-0.3, -0.25) is 0 Å². The van der Waals surface area contributed by atoms with Gasteiger partial charge in [-0.1, -0.05) is 0 Å². The van der Waals surface area contributed by atoms with Gasteiger partial charge in [0, 0.05) is 6.07 Å². The number of nitrogens with two attached hydrogens (primary N) is 1. The fourth-order valence-corrected chi connectivity index (χ4v) is 0.666. The maximum Gasteiger partial charge on any atom is 0.168 e. The summed E-state index contributed by atoms with van der Waals surface area (Å²) in [6.45, 7) is -0.725. The van der Waals surface area contributed by atoms with Gasteiger partial charge in [0.1, 0.15) is 19.0 Å². The van der Waals surface area contributed by atoms with Crippen LogP contribution in [0.15, 0.2) is 12.3 Å². The molecule has 1 aromatic heterocycles. The molecule has 0 amide bonds. The van der Waals surface area contributed by atoms with Gasteiger partial charge < -0.3 is 10.5 Å². The van der Waals surface area contributed by atoms with Crippen molar-refractivity contribution in [3.63, 3.8) is 0 Å². The summed E-state index contributed by atoms with van der Waals surface area (Å²) in [5, 5.41) is 0. The maximum atomic E-state index is 12.6. The number of hydrogen-bond donors (Lipinski definition) is 1. The van der Waals surface area contributed by atoms with E-state index in [9.17, 15) is 8.78 Å². The van der Waals surface area contributed by atoms with E-state index in [2.05, 4.69) is 4.98 Å². The topological polar surface area (TPSA) is 48.1 Å². The lowest BCUT2D eigenvalue weighted by Gasteiger charge is -2.02. The van der Waals surface area contributed by atoms with Crippen LogP contribution in [0.25, 0.3) is 0 Å². The number of anilines is 1. The molecule has 0 unspecified atom stereocenters. The first-order valence-corrected chi connectivity index (χ1v) is 3.34. The molecule has 66 valence electrons. The van der Waals surface area contributed by atoms with E-state index >= 15 is 0 Å². The Morgan fingerprint density at radius 1 is 1.58 bits per heavy atom. The van der Waals surface area contributed by atoms with Crippen molar-refractivity contribution >= 4 is 5.82 Å². The van der Waals surface area contributed by atoms with Crippen LogP contribution in [0.1, 0.15) is 0 Å². The summed E-state index contributed by atoms with van der Waals surface area (Å²) in [5.41, 5.74) is 5.10. The van der Waals surface area contributed by atoms with Crippen molar-refractivity contribution in [3.05, 3.63) is 18.1 Å². The van der Waals surface area contributed by atoms with Crippen molar-refractivity contribution in [2.45, 2.75) is 0 Å². The van der Waals surface area contributed by atoms with Crippen molar-refractivity contribution in [2.24, 2.45) is 0 Å². The number of aromatic nitrogens is 1. The third-order valence-electron chi connectivity index (χ3n) is 1.19. The molecule has 1 heterocycles. The number of alkyl halides is 1. The molecule has 3 nitrogen and oxygen atoms in total. The van der Waals surface area contributed by atoms with Crippen LogP contribution in [0.5, 0.6) is 5.75 Å². The van der Waals surface area contributed by atoms with Crippen LogP contribution < -0.4 is 10.5 Å². The highest BCUT2D eigenvalue weighted by molar-refractivity contribution is 5.34. The molecule has 0 atom stereocenters. The first-order chi connectivity index (χ1) is 5.74. The van der Waals surface area contributed by atoms with Crippen LogP contribution in [0.4, 0.5) is 14.6 Å². The Labute approximate surface area is 68.2 Å². The Hall–Kier alpha value is -1.39. The van der Waals surface area contributed by atoms with Crippen molar-refractivity contribution < 1.29 is 13.5 Å². The number of halogens is 2. The van der Waals surface area contributed by atoms with Crippen molar-refractivity contribution in [1.29, 1.82) is 0 Å². The maximum absolute atomic E-state index is 12.6. The zero-order chi connectivity index (χ0) is 8.97. The standard InChI is InChI=1S/C7H8F2N2O/c8-1-2-12-5-3-6(9)7(10)11-4-5/h3-4H,1-2H2,(H2,10,11). The number of ether oxygens (including phenoxy) is 1. The summed E-state index contributed by atoms with van der Waals surface area (Å²) in [4.78, 5) is 3.49. The molecule has 0 aromatic carbocycles. The highest BCUT2D eigenvalue weighted by Gasteiger charge is 2.01. The summed E-state index contributed by atoms with van der Waals surface area (Å²) < 4.78 is 29.0. The average Bonchev–Trinajstić information content (AvgIpc) is 2.07. The molecule has 0 radical (unpaired) electrons. The molecule has 0 aliphatic rings. The summed E-state index contributed by atoms with van der Waals surface area (Å²) in [5.74, 6) is -0.673. The van der Waals surface area contributed by atoms with Crippen LogP contribution in [0.3, 0.4) is 0 Å². The van der Waals surface area contributed by atoms with Gasteiger partial charge in [0.2, 0.25) is 0 Å². The lowest BCUT2D eigenvalue weighted by atomic mass is 10.4. The van der Waals surface area contributed by atoms with Gasteiger partial charge in [0.05, 0.1) is 6.20 Å². The Bertz CT molecular complexity index is 268. The van der Waals surface area contributed by atoms with E-state index in [1.54, 1.807) is 0 Å². The molecular weight excluding hydrogens is 166 g/mol. The second kappa shape index (κ2) is 3.85. The third-order valence-corrected chi connectivity index (χ3v) is 1.19. The van der Waals surface area contributed by atoms with Gasteiger partial charge in [-0.05, 0) is 0 Å². The Balaban J connectivity index is 2.69. The Kier molecular flexibility index (Phi) is 2.79. The van der Waals surface area contributed by atoms with Crippen LogP contribution in [0, 0.1) is 5.82 Å². The van der Waals surface area contributed by atoms with E-state index < -0.39 is 12.5 Å². The van der Waals surface area contributed by atoms with E-state index in [-0.39, 0.29) is 18.2 Å². The van der Waals surface area contributed by atoms with Crippen molar-refractivity contribution in [3.8, 4) is 5.75 Å². The molecule has 5 heteroatoms. The van der Waals surface area contributed by atoms with Crippen LogP contribution in [-0.2, 0) is 0 Å². The van der Waals surface area contributed by atoms with Crippen LogP contribution in [-0.4, -0.2) is 18.3 Å². The zero-order valence-electron chi connectivity index (χ0n) is 6.26. The molecule has 0 aliphatic heterocycles. The summed E-state index contributed by atoms with van der Waals surface area (Å²) in [7, 11) is 0. The van der Waals surface area contributed by atoms with E-state index in [4.69, 9.17) is 10.5 Å². The summed E-state index contributed by atoms with van der Waals surface area (Å²) in [6.07, 6.45) is 1.24. The number of nitrogen functional groups attached to an aromatic ring is 1. The zero-order valence-corrected chi connectivity index (χ0v) is 6.26. The van der Waals surface area contributed by atoms with Crippen LogP contribution >= 0.6 is 0 Å². The van der Waals surface area contributed by atoms with Crippen molar-refractivity contribution in [2.75, 3.05) is 19.0 Å². The minimum Gasteiger partial charge on any atom is -0.489 e. The van der Waals surface area contributed by atoms with Gasteiger partial charge in [-0.25, -0.2) is 13.8 Å². The molecule has 2 N–H and O–H groups in total. The molecule has 0 spiro atoms. The lowest BCUT2D eigenvalue weighted by Crippen LogP contribution is -2.01. The molecule has 1 aromatic rings. The largest absolute Gasteiger partial charge is 0.489 e. The van der Waals surface area contributed by atoms with Gasteiger partial charge >= 0.3 is 0 Å². The molecule has 1 rings (SSSR count). The highest BCUT2D eigenvalue weighted by atomic mass is 19.1. The van der Waals surface area contributed by atoms with Gasteiger partial charge in [0.25, 0.3) is 0 Å². The quantitative estimate of drug-likeness (QED) is 0.747. The Morgan fingerprint density at radius 2 is 2.33 bits per heavy atom. The third kappa shape index (κ3) is 2.05. The predicted molar refractivity (Wildman–Crippen MR) is 40.1 cm³/mol. The first kappa shape index (κ1) is 8.70. The fourth-order valence-electron chi connectivity index (χ4n) is 0.666. The smallest absolute Gasteiger partial charge is 0.168 e. The number of rotatable bonds is 3. The van der Waals surface area contributed by atoms with E-state index in [1.165, 1.54) is 6.20 Å². The van der Waals surface area contributed by atoms with Gasteiger partial charge in [-0.2, -0.15) is 0 Å². The van der Waals surface area contributed by atoms with E-state index in [1.807, 2.05) is 0 Å². The predicted octanol–water partition coefficient (Wildman–Crippen LogP) is 1.15. The molecule has 0 saturated carbocycles. The molecule has 0 saturated heterocycles. The fraction of sp³-hybridized carbons (Fsp3) is 0.286. The lowest BCUT2D eigenvalue weighted by molar-refractivity contribution is 0.271. The monoisotopic (exact) mass is 174 g/mol. The van der Waals surface area contributed by atoms with E-state index in [0.717, 1.165) is 6.07 Å². The van der Waals surface area contributed by atoms with Gasteiger partial charge in [-0.15, -0.1) is 0 Å². The second-order valence-corrected chi connectivity index (χ2v) is 2.08. The first-order valence-electron chi connectivity index (χ1n) is 3.34. The molecule has 12 heavy (non-hydrogen) atoms. The highest BCUT2D eigenvalue weighted by Crippen LogP contribution is 2.14. The minimum atomic E-state index is -0.661. The number of nitrogens with zero attached hydrogens (tertiary/aromatic N) is 1. The minimum absolute atomic E-state index is 0.106. The van der Waals surface area contributed by atoms with Crippen molar-refractivity contribution in [1.82, 2.24) is 4.98 Å². The SMILES string of the molecule is Nc1ncc(OCCF)cc1F. The Morgan fingerprint density at radius 3 is 2.92 bits per heavy atom. The normalized spacial score (nSPS) is 9.83. The molecule has 0 bridgehead atoms. The molecule has 0 fully saturated rings. The average molecular weight is 174 g/mol. The van der Waals surface area contributed by atoms with Gasteiger partial charge in [0.15, 0.2) is 11.6 Å².